The fourth-order valence-electron chi connectivity index (χ4n) is 6.10. The van der Waals surface area contributed by atoms with Gasteiger partial charge in [0.15, 0.2) is 0 Å². The molecule has 0 aromatic heterocycles. The number of ether oxygens (including phenoxy) is 1. The van der Waals surface area contributed by atoms with Gasteiger partial charge in [-0.2, -0.15) is 0 Å². The second kappa shape index (κ2) is 17.8. The molecule has 0 amide bonds. The van der Waals surface area contributed by atoms with Crippen LogP contribution in [0.25, 0.3) is 11.1 Å². The monoisotopic (exact) mass is 661 g/mol. The summed E-state index contributed by atoms with van der Waals surface area (Å²) < 4.78 is 12.3. The molecule has 41 heavy (non-hydrogen) atoms. The summed E-state index contributed by atoms with van der Waals surface area (Å²) in [6.45, 7) is 11.0. The van der Waals surface area contributed by atoms with Gasteiger partial charge in [-0.15, -0.1) is 0 Å². The van der Waals surface area contributed by atoms with Gasteiger partial charge in [0, 0.05) is 0 Å². The van der Waals surface area contributed by atoms with Gasteiger partial charge in [-0.25, -0.2) is 0 Å². The van der Waals surface area contributed by atoms with Crippen molar-refractivity contribution in [3.8, 4) is 5.75 Å². The van der Waals surface area contributed by atoms with E-state index in [1.807, 2.05) is 0 Å². The Morgan fingerprint density at radius 3 is 1.78 bits per heavy atom. The van der Waals surface area contributed by atoms with Crippen LogP contribution in [0.5, 0.6) is 5.75 Å². The molecule has 3 heteroatoms. The van der Waals surface area contributed by atoms with E-state index in [-0.39, 0.29) is 0 Å². The first-order chi connectivity index (χ1) is 20.0. The summed E-state index contributed by atoms with van der Waals surface area (Å²) in [4.78, 5) is 2.15. The first-order valence-electron chi connectivity index (χ1n) is 16.2. The molecule has 0 spiro atoms. The molecule has 0 saturated carbocycles. The molecule has 0 unspecified atom stereocenters. The van der Waals surface area contributed by atoms with Gasteiger partial charge in [-0.05, 0) is 14.1 Å². The fraction of sp³-hybridized carbons (Fsp3) is 0.474. The maximum atomic E-state index is 6.06. The van der Waals surface area contributed by atoms with E-state index >= 15 is 0 Å². The third kappa shape index (κ3) is 9.75. The minimum atomic E-state index is -2.58. The second-order valence-corrected chi connectivity index (χ2v) is 25.2. The van der Waals surface area contributed by atoms with Crippen molar-refractivity contribution in [2.24, 2.45) is 0 Å². The Bertz CT molecular complexity index is 1160. The van der Waals surface area contributed by atoms with Gasteiger partial charge in [0.25, 0.3) is 0 Å². The molecule has 0 fully saturated rings. The van der Waals surface area contributed by atoms with E-state index in [9.17, 15) is 0 Å². The Morgan fingerprint density at radius 2 is 1.24 bits per heavy atom. The quantitative estimate of drug-likeness (QED) is 0.0995. The Morgan fingerprint density at radius 1 is 0.659 bits per heavy atom. The maximum absolute atomic E-state index is 6.06. The van der Waals surface area contributed by atoms with Crippen LogP contribution in [0.15, 0.2) is 78.9 Å². The average molecular weight is 661 g/mol. The molecule has 0 aliphatic rings. The van der Waals surface area contributed by atoms with Gasteiger partial charge in [0.2, 0.25) is 0 Å². The van der Waals surface area contributed by atoms with Crippen molar-refractivity contribution in [1.82, 2.24) is 4.90 Å². The first kappa shape index (κ1) is 33.5. The van der Waals surface area contributed by atoms with Gasteiger partial charge in [-0.1, -0.05) is 0 Å². The van der Waals surface area contributed by atoms with Gasteiger partial charge in [-0.3, -0.25) is 0 Å². The molecule has 0 atom stereocenters. The first-order valence-corrected chi connectivity index (χ1v) is 23.7. The predicted octanol–water partition coefficient (Wildman–Crippen LogP) is 10.1. The molecule has 0 radical (unpaired) electrons. The van der Waals surface area contributed by atoms with Crippen molar-refractivity contribution in [1.29, 1.82) is 0 Å². The SMILES string of the molecule is CCC[CH2][Sn]([CH2]CCC)([CH2]CCC)[c]1cccc(/C(=C(\CC)c2ccccc2)c2ccc(OCCN(C)C)cc2)c1. The number of hydrogen-bond acceptors (Lipinski definition) is 2. The van der Waals surface area contributed by atoms with Gasteiger partial charge in [0.1, 0.15) is 0 Å². The van der Waals surface area contributed by atoms with E-state index < -0.39 is 18.4 Å². The summed E-state index contributed by atoms with van der Waals surface area (Å²) in [5.41, 5.74) is 6.77. The third-order valence-electron chi connectivity index (χ3n) is 8.52. The Hall–Kier alpha value is -2.04. The van der Waals surface area contributed by atoms with Gasteiger partial charge in [0.05, 0.1) is 0 Å². The zero-order valence-corrected chi connectivity index (χ0v) is 29.7. The van der Waals surface area contributed by atoms with Crippen LogP contribution in [0.2, 0.25) is 13.3 Å². The van der Waals surface area contributed by atoms with Crippen LogP contribution >= 0.6 is 0 Å². The molecule has 0 N–H and O–H groups in total. The molecule has 222 valence electrons. The summed E-state index contributed by atoms with van der Waals surface area (Å²) >= 11 is -2.58. The minimum absolute atomic E-state index is 0.698. The van der Waals surface area contributed by atoms with Crippen molar-refractivity contribution in [3.05, 3.63) is 95.6 Å². The zero-order valence-electron chi connectivity index (χ0n) is 26.8. The van der Waals surface area contributed by atoms with Crippen molar-refractivity contribution in [2.45, 2.75) is 86.0 Å². The topological polar surface area (TPSA) is 12.5 Å². The van der Waals surface area contributed by atoms with Crippen molar-refractivity contribution < 1.29 is 4.74 Å². The summed E-state index contributed by atoms with van der Waals surface area (Å²) in [6.07, 6.45) is 9.05. The molecule has 3 aromatic carbocycles. The molecular weight excluding hydrogens is 605 g/mol. The van der Waals surface area contributed by atoms with Crippen LogP contribution in [-0.4, -0.2) is 50.5 Å². The second-order valence-electron chi connectivity index (χ2n) is 11.9. The van der Waals surface area contributed by atoms with E-state index in [2.05, 4.69) is 126 Å². The van der Waals surface area contributed by atoms with E-state index in [1.54, 1.807) is 3.58 Å². The standard InChI is InChI=1S/C26H28NO.3C4H9.Sn/c1-4-25(21-11-7-5-8-12-21)26(22-13-9-6-10-14-22)23-15-17-24(18-16-23)28-20-19-27(2)3;3*1-3-4-2;/h5-9,11-18H,4,19-20H2,1-3H3;3*1,3-4H2,2H3;/b26-25-;;;;. The Kier molecular flexibility index (Phi) is 14.5. The summed E-state index contributed by atoms with van der Waals surface area (Å²) in [7, 11) is 4.17. The Labute approximate surface area is 256 Å². The van der Waals surface area contributed by atoms with Crippen LogP contribution in [0, 0.1) is 0 Å². The van der Waals surface area contributed by atoms with Crippen LogP contribution in [-0.2, 0) is 0 Å². The summed E-state index contributed by atoms with van der Waals surface area (Å²) in [6, 6.07) is 29.8. The normalized spacial score (nSPS) is 12.5. The van der Waals surface area contributed by atoms with Gasteiger partial charge >= 0.3 is 243 Å². The number of rotatable bonds is 18. The molecule has 0 heterocycles. The number of allylic oxidation sites excluding steroid dienone is 1. The molecule has 0 bridgehead atoms. The zero-order chi connectivity index (χ0) is 29.5. The van der Waals surface area contributed by atoms with Crippen LogP contribution in [0.3, 0.4) is 0 Å². The van der Waals surface area contributed by atoms with E-state index in [0.717, 1.165) is 18.7 Å². The number of unbranched alkanes of at least 4 members (excludes halogenated alkanes) is 3. The van der Waals surface area contributed by atoms with Gasteiger partial charge < -0.3 is 0 Å². The molecule has 3 aromatic rings. The number of nitrogens with zero attached hydrogens (tertiary/aromatic N) is 1. The number of hydrogen-bond donors (Lipinski definition) is 0. The molecule has 0 aliphatic heterocycles. The molecular formula is C38H55NOSn. The van der Waals surface area contributed by atoms with Crippen LogP contribution in [0.1, 0.15) is 89.3 Å². The van der Waals surface area contributed by atoms with Crippen LogP contribution < -0.4 is 8.32 Å². The van der Waals surface area contributed by atoms with Crippen LogP contribution in [0.4, 0.5) is 0 Å². The van der Waals surface area contributed by atoms with E-state index in [4.69, 9.17) is 4.74 Å². The van der Waals surface area contributed by atoms with Crippen molar-refractivity contribution in [3.63, 3.8) is 0 Å². The molecule has 3 rings (SSSR count). The average Bonchev–Trinajstić information content (AvgIpc) is 3.00. The van der Waals surface area contributed by atoms with E-state index in [0.29, 0.717) is 6.61 Å². The number of benzene rings is 3. The van der Waals surface area contributed by atoms with Crippen molar-refractivity contribution >= 4 is 33.1 Å². The summed E-state index contributed by atoms with van der Waals surface area (Å²) in [5, 5.41) is 0. The predicted molar refractivity (Wildman–Crippen MR) is 184 cm³/mol. The molecule has 2 nitrogen and oxygen atoms in total. The number of likely N-dealkylation sites (N-methyl/N-ethyl adjacent to an activating group) is 1. The molecule has 0 saturated heterocycles. The molecule has 0 aliphatic carbocycles. The van der Waals surface area contributed by atoms with E-state index in [1.165, 1.54) is 79.7 Å². The Balaban J connectivity index is 2.15. The summed E-state index contributed by atoms with van der Waals surface area (Å²) in [5.74, 6) is 0.940. The third-order valence-corrected chi connectivity index (χ3v) is 24.1. The van der Waals surface area contributed by atoms with Crippen molar-refractivity contribution in [2.75, 3.05) is 27.2 Å². The fourth-order valence-corrected chi connectivity index (χ4v) is 22.1.